The van der Waals surface area contributed by atoms with Crippen molar-refractivity contribution in [3.63, 3.8) is 0 Å². The first-order valence-electron chi connectivity index (χ1n) is 6.00. The van der Waals surface area contributed by atoms with Gasteiger partial charge in [0.1, 0.15) is 12.1 Å². The van der Waals surface area contributed by atoms with Gasteiger partial charge in [0.15, 0.2) is 6.29 Å². The number of methoxy groups -OCH3 is 2. The summed E-state index contributed by atoms with van der Waals surface area (Å²) >= 11 is 0. The Balaban J connectivity index is 2.21. The topological polar surface area (TPSA) is 74.1 Å². The quantitative estimate of drug-likeness (QED) is 0.803. The van der Waals surface area contributed by atoms with Crippen LogP contribution in [0.5, 0.6) is 0 Å². The third-order valence-electron chi connectivity index (χ3n) is 2.82. The Morgan fingerprint density at radius 2 is 2.05 bits per heavy atom. The van der Waals surface area contributed by atoms with Gasteiger partial charge >= 0.3 is 0 Å². The molecule has 2 aromatic rings. The first kappa shape index (κ1) is 14.4. The van der Waals surface area contributed by atoms with Gasteiger partial charge in [0.25, 0.3) is 0 Å². The van der Waals surface area contributed by atoms with Crippen molar-refractivity contribution >= 4 is 5.69 Å². The molecule has 1 heterocycles. The highest BCUT2D eigenvalue weighted by Crippen LogP contribution is 2.20. The number of hydrogen-bond donors (Lipinski definition) is 1. The van der Waals surface area contributed by atoms with Gasteiger partial charge < -0.3 is 14.8 Å². The molecule has 20 heavy (non-hydrogen) atoms. The van der Waals surface area contributed by atoms with Crippen LogP contribution in [-0.4, -0.2) is 46.8 Å². The molecule has 0 aliphatic heterocycles. The highest BCUT2D eigenvalue weighted by molar-refractivity contribution is 5.52. The average molecular weight is 281 g/mol. The van der Waals surface area contributed by atoms with Gasteiger partial charge in [-0.1, -0.05) is 0 Å². The van der Waals surface area contributed by atoms with Crippen molar-refractivity contribution in [2.45, 2.75) is 19.3 Å². The number of tetrazole rings is 1. The van der Waals surface area contributed by atoms with Crippen molar-refractivity contribution in [2.24, 2.45) is 0 Å². The number of benzene rings is 1. The Morgan fingerprint density at radius 1 is 1.30 bits per heavy atom. The lowest BCUT2D eigenvalue weighted by Crippen LogP contribution is -2.34. The Bertz CT molecular complexity index is 545. The van der Waals surface area contributed by atoms with Crippen LogP contribution in [0.4, 0.5) is 10.1 Å². The molecule has 108 valence electrons. The van der Waals surface area contributed by atoms with Crippen LogP contribution in [0.25, 0.3) is 5.69 Å². The molecule has 1 aromatic heterocycles. The molecule has 8 heteroatoms. The fourth-order valence-electron chi connectivity index (χ4n) is 1.86. The number of nitrogens with one attached hydrogen (secondary N) is 1. The van der Waals surface area contributed by atoms with E-state index in [0.29, 0.717) is 11.4 Å². The fraction of sp³-hybridized carbons (Fsp3) is 0.417. The highest BCUT2D eigenvalue weighted by Gasteiger charge is 2.17. The molecule has 0 radical (unpaired) electrons. The Labute approximate surface area is 115 Å². The van der Waals surface area contributed by atoms with Crippen LogP contribution in [0.2, 0.25) is 0 Å². The van der Waals surface area contributed by atoms with Gasteiger partial charge in [-0.15, -0.1) is 5.10 Å². The molecule has 0 spiro atoms. The second kappa shape index (κ2) is 6.40. The molecule has 1 unspecified atom stereocenters. The summed E-state index contributed by atoms with van der Waals surface area (Å²) in [4.78, 5) is 0. The van der Waals surface area contributed by atoms with Crippen molar-refractivity contribution in [2.75, 3.05) is 19.5 Å². The lowest BCUT2D eigenvalue weighted by Gasteiger charge is -2.23. The lowest BCUT2D eigenvalue weighted by molar-refractivity contribution is -0.109. The molecular formula is C12H16FN5O2. The number of aromatic nitrogens is 4. The molecule has 0 amide bonds. The smallest absolute Gasteiger partial charge is 0.176 e. The molecule has 1 N–H and O–H groups in total. The average Bonchev–Trinajstić information content (AvgIpc) is 2.96. The van der Waals surface area contributed by atoms with Crippen LogP contribution in [0.1, 0.15) is 6.92 Å². The standard InChI is InChI=1S/C12H16FN5O2/c1-8(12(19-2)20-3)15-11-6-9(4-5-10(11)13)18-7-14-16-17-18/h4-8,12,15H,1-3H3. The van der Waals surface area contributed by atoms with Crippen LogP contribution in [-0.2, 0) is 9.47 Å². The van der Waals surface area contributed by atoms with Gasteiger partial charge in [-0.05, 0) is 35.5 Å². The first-order chi connectivity index (χ1) is 9.65. The van der Waals surface area contributed by atoms with Crippen molar-refractivity contribution in [1.29, 1.82) is 0 Å². The summed E-state index contributed by atoms with van der Waals surface area (Å²) in [7, 11) is 3.06. The zero-order valence-electron chi connectivity index (χ0n) is 11.4. The van der Waals surface area contributed by atoms with Crippen LogP contribution < -0.4 is 5.32 Å². The highest BCUT2D eigenvalue weighted by atomic mass is 19.1. The predicted molar refractivity (Wildman–Crippen MR) is 70.0 cm³/mol. The minimum atomic E-state index is -0.480. The minimum absolute atomic E-state index is 0.233. The minimum Gasteiger partial charge on any atom is -0.375 e. The number of ether oxygens (including phenoxy) is 2. The molecule has 2 rings (SSSR count). The van der Waals surface area contributed by atoms with Crippen LogP contribution in [0, 0.1) is 5.82 Å². The van der Waals surface area contributed by atoms with Crippen LogP contribution in [0.15, 0.2) is 24.5 Å². The molecular weight excluding hydrogens is 265 g/mol. The van der Waals surface area contributed by atoms with Crippen molar-refractivity contribution < 1.29 is 13.9 Å². The predicted octanol–water partition coefficient (Wildman–Crippen LogP) is 1.22. The summed E-state index contributed by atoms with van der Waals surface area (Å²) in [5, 5.41) is 13.9. The van der Waals surface area contributed by atoms with Gasteiger partial charge in [0.2, 0.25) is 0 Å². The first-order valence-corrected chi connectivity index (χ1v) is 6.00. The maximum Gasteiger partial charge on any atom is 0.176 e. The molecule has 0 saturated heterocycles. The number of rotatable bonds is 6. The van der Waals surface area contributed by atoms with Crippen LogP contribution in [0.3, 0.4) is 0 Å². The Hall–Kier alpha value is -2.06. The van der Waals surface area contributed by atoms with Gasteiger partial charge in [-0.2, -0.15) is 0 Å². The van der Waals surface area contributed by atoms with Crippen molar-refractivity contribution in [3.05, 3.63) is 30.3 Å². The fourth-order valence-corrected chi connectivity index (χ4v) is 1.86. The normalized spacial score (nSPS) is 12.7. The lowest BCUT2D eigenvalue weighted by atomic mass is 10.2. The number of nitrogens with zero attached hydrogens (tertiary/aromatic N) is 4. The Morgan fingerprint density at radius 3 is 2.65 bits per heavy atom. The van der Waals surface area contributed by atoms with Crippen molar-refractivity contribution in [3.8, 4) is 5.69 Å². The molecule has 1 atom stereocenters. The maximum absolute atomic E-state index is 13.8. The number of halogens is 1. The van der Waals surface area contributed by atoms with E-state index in [0.717, 1.165) is 0 Å². The third-order valence-corrected chi connectivity index (χ3v) is 2.82. The summed E-state index contributed by atoms with van der Waals surface area (Å²) in [6.45, 7) is 1.83. The zero-order valence-corrected chi connectivity index (χ0v) is 11.4. The van der Waals surface area contributed by atoms with Crippen LogP contribution >= 0.6 is 0 Å². The largest absolute Gasteiger partial charge is 0.375 e. The van der Waals surface area contributed by atoms with Gasteiger partial charge in [0, 0.05) is 14.2 Å². The van der Waals surface area contributed by atoms with Crippen molar-refractivity contribution in [1.82, 2.24) is 20.2 Å². The maximum atomic E-state index is 13.8. The molecule has 1 aromatic carbocycles. The Kier molecular flexibility index (Phi) is 4.59. The summed E-state index contributed by atoms with van der Waals surface area (Å²) in [5.41, 5.74) is 0.974. The third kappa shape index (κ3) is 3.09. The summed E-state index contributed by atoms with van der Waals surface area (Å²) < 4.78 is 25.5. The summed E-state index contributed by atoms with van der Waals surface area (Å²) in [6, 6.07) is 4.32. The van der Waals surface area contributed by atoms with E-state index >= 15 is 0 Å². The van der Waals surface area contributed by atoms with Gasteiger partial charge in [-0.3, -0.25) is 0 Å². The van der Waals surface area contributed by atoms with E-state index in [9.17, 15) is 4.39 Å². The van der Waals surface area contributed by atoms with E-state index in [4.69, 9.17) is 9.47 Å². The van der Waals surface area contributed by atoms with E-state index in [-0.39, 0.29) is 11.9 Å². The summed E-state index contributed by atoms with van der Waals surface area (Å²) in [6.07, 6.45) is 0.958. The zero-order chi connectivity index (χ0) is 14.5. The van der Waals surface area contributed by atoms with E-state index in [1.807, 2.05) is 6.92 Å². The van der Waals surface area contributed by atoms with Gasteiger partial charge in [0.05, 0.1) is 17.4 Å². The second-order valence-electron chi connectivity index (χ2n) is 4.19. The molecule has 7 nitrogen and oxygen atoms in total. The molecule has 0 aliphatic carbocycles. The van der Waals surface area contributed by atoms with Gasteiger partial charge in [-0.25, -0.2) is 9.07 Å². The van der Waals surface area contributed by atoms with E-state index in [2.05, 4.69) is 20.8 Å². The molecule has 0 aliphatic rings. The number of anilines is 1. The number of hydrogen-bond acceptors (Lipinski definition) is 6. The van der Waals surface area contributed by atoms with E-state index in [1.165, 1.54) is 31.3 Å². The molecule has 0 fully saturated rings. The molecule has 0 saturated carbocycles. The summed E-state index contributed by atoms with van der Waals surface area (Å²) in [5.74, 6) is -0.375. The second-order valence-corrected chi connectivity index (χ2v) is 4.19. The SMILES string of the molecule is COC(OC)C(C)Nc1cc(-n2cnnn2)ccc1F. The molecule has 0 bridgehead atoms. The van der Waals surface area contributed by atoms with E-state index < -0.39 is 6.29 Å². The monoisotopic (exact) mass is 281 g/mol. The van der Waals surface area contributed by atoms with E-state index in [1.54, 1.807) is 12.1 Å².